The van der Waals surface area contributed by atoms with Gasteiger partial charge in [0.15, 0.2) is 0 Å². The first-order valence-electron chi connectivity index (χ1n) is 7.54. The Morgan fingerprint density at radius 2 is 1.91 bits per heavy atom. The predicted octanol–water partition coefficient (Wildman–Crippen LogP) is 4.33. The van der Waals surface area contributed by atoms with E-state index in [0.29, 0.717) is 12.1 Å². The lowest BCUT2D eigenvalue weighted by atomic mass is 10.0. The van der Waals surface area contributed by atoms with E-state index in [2.05, 4.69) is 24.4 Å². The molecule has 1 atom stereocenters. The largest absolute Gasteiger partial charge is 0.374 e. The first-order chi connectivity index (χ1) is 11.2. The van der Waals surface area contributed by atoms with E-state index < -0.39 is 0 Å². The molecule has 1 heterocycles. The molecule has 1 N–H and O–H groups in total. The molecule has 1 unspecified atom stereocenters. The Balaban J connectivity index is 1.75. The van der Waals surface area contributed by atoms with Gasteiger partial charge in [-0.2, -0.15) is 0 Å². The second kappa shape index (κ2) is 6.94. The van der Waals surface area contributed by atoms with Crippen molar-refractivity contribution in [1.82, 2.24) is 5.32 Å². The van der Waals surface area contributed by atoms with Gasteiger partial charge in [0.1, 0.15) is 6.10 Å². The Hall–Kier alpha value is -2.17. The average Bonchev–Trinajstić information content (AvgIpc) is 3.01. The Bertz CT molecular complexity index is 820. The van der Waals surface area contributed by atoms with E-state index in [-0.39, 0.29) is 12.0 Å². The van der Waals surface area contributed by atoms with E-state index in [4.69, 9.17) is 4.74 Å². The van der Waals surface area contributed by atoms with Crippen molar-refractivity contribution in [2.45, 2.75) is 13.0 Å². The van der Waals surface area contributed by atoms with Crippen LogP contribution < -0.4 is 5.32 Å². The summed E-state index contributed by atoms with van der Waals surface area (Å²) in [4.78, 5) is 14.9. The van der Waals surface area contributed by atoms with E-state index >= 15 is 0 Å². The number of hydrogen-bond acceptors (Lipinski definition) is 3. The van der Waals surface area contributed by atoms with Gasteiger partial charge in [-0.3, -0.25) is 4.79 Å². The number of amides is 1. The van der Waals surface area contributed by atoms with Crippen LogP contribution in [0.3, 0.4) is 0 Å². The van der Waals surface area contributed by atoms with E-state index in [9.17, 15) is 4.79 Å². The highest BCUT2D eigenvalue weighted by Gasteiger charge is 2.15. The summed E-state index contributed by atoms with van der Waals surface area (Å²) in [5, 5.41) is 5.03. The lowest BCUT2D eigenvalue weighted by Gasteiger charge is -2.15. The quantitative estimate of drug-likeness (QED) is 0.758. The molecule has 2 aromatic carbocycles. The van der Waals surface area contributed by atoms with Gasteiger partial charge in [0.25, 0.3) is 5.91 Å². The van der Waals surface area contributed by atoms with Gasteiger partial charge in [-0.05, 0) is 35.9 Å². The molecule has 0 radical (unpaired) electrons. The zero-order valence-electron chi connectivity index (χ0n) is 13.2. The van der Waals surface area contributed by atoms with Crippen LogP contribution in [-0.2, 0) is 4.74 Å². The van der Waals surface area contributed by atoms with Crippen molar-refractivity contribution < 1.29 is 9.53 Å². The monoisotopic (exact) mass is 325 g/mol. The van der Waals surface area contributed by atoms with Gasteiger partial charge < -0.3 is 10.1 Å². The topological polar surface area (TPSA) is 38.3 Å². The molecule has 3 nitrogen and oxygen atoms in total. The third kappa shape index (κ3) is 3.44. The second-order valence-corrected chi connectivity index (χ2v) is 6.73. The third-order valence-corrected chi connectivity index (χ3v) is 4.94. The van der Waals surface area contributed by atoms with Crippen LogP contribution in [0.1, 0.15) is 26.2 Å². The number of aryl methyl sites for hydroxylation is 1. The van der Waals surface area contributed by atoms with Crippen LogP contribution in [-0.4, -0.2) is 19.6 Å². The number of ether oxygens (including phenoxy) is 1. The molecule has 1 aromatic heterocycles. The van der Waals surface area contributed by atoms with E-state index in [1.165, 1.54) is 4.88 Å². The fourth-order valence-corrected chi connectivity index (χ4v) is 3.59. The Kier molecular flexibility index (Phi) is 4.74. The third-order valence-electron chi connectivity index (χ3n) is 3.85. The highest BCUT2D eigenvalue weighted by atomic mass is 32.1. The summed E-state index contributed by atoms with van der Waals surface area (Å²) in [6.07, 6.45) is -0.118. The molecule has 3 aromatic rings. The van der Waals surface area contributed by atoms with E-state index in [1.54, 1.807) is 18.4 Å². The van der Waals surface area contributed by atoms with Gasteiger partial charge >= 0.3 is 0 Å². The molecule has 0 aliphatic heterocycles. The SMILES string of the molecule is COC(CNC(=O)c1cccc2ccccc12)c1ccc(C)s1. The minimum absolute atomic E-state index is 0.0721. The van der Waals surface area contributed by atoms with Gasteiger partial charge in [0.2, 0.25) is 0 Å². The first-order valence-corrected chi connectivity index (χ1v) is 8.36. The van der Waals surface area contributed by atoms with Crippen LogP contribution in [0.2, 0.25) is 0 Å². The number of thiophene rings is 1. The lowest BCUT2D eigenvalue weighted by Crippen LogP contribution is -2.29. The summed E-state index contributed by atoms with van der Waals surface area (Å²) in [7, 11) is 1.67. The average molecular weight is 325 g/mol. The van der Waals surface area contributed by atoms with Crippen molar-refractivity contribution in [3.05, 3.63) is 69.9 Å². The predicted molar refractivity (Wildman–Crippen MR) is 95.1 cm³/mol. The summed E-state index contributed by atoms with van der Waals surface area (Å²) >= 11 is 1.69. The van der Waals surface area contributed by atoms with Crippen molar-refractivity contribution in [2.24, 2.45) is 0 Å². The summed E-state index contributed by atoms with van der Waals surface area (Å²) in [5.74, 6) is -0.0721. The molecule has 118 valence electrons. The Morgan fingerprint density at radius 1 is 1.13 bits per heavy atom. The molecule has 0 saturated carbocycles. The van der Waals surface area contributed by atoms with Crippen molar-refractivity contribution in [2.75, 3.05) is 13.7 Å². The number of carbonyl (C=O) groups excluding carboxylic acids is 1. The molecule has 0 bridgehead atoms. The van der Waals surface area contributed by atoms with Crippen LogP contribution in [0, 0.1) is 6.92 Å². The number of nitrogens with one attached hydrogen (secondary N) is 1. The number of methoxy groups -OCH3 is 1. The second-order valence-electron chi connectivity index (χ2n) is 5.41. The molecule has 23 heavy (non-hydrogen) atoms. The molecule has 0 spiro atoms. The number of carbonyl (C=O) groups is 1. The molecule has 0 fully saturated rings. The number of rotatable bonds is 5. The molecule has 1 amide bonds. The molecule has 0 saturated heterocycles. The first kappa shape index (κ1) is 15.7. The Morgan fingerprint density at radius 3 is 2.65 bits per heavy atom. The maximum Gasteiger partial charge on any atom is 0.252 e. The number of hydrogen-bond donors (Lipinski definition) is 1. The minimum Gasteiger partial charge on any atom is -0.374 e. The van der Waals surface area contributed by atoms with Gasteiger partial charge in [0, 0.05) is 29.0 Å². The van der Waals surface area contributed by atoms with Crippen LogP contribution in [0.4, 0.5) is 0 Å². The summed E-state index contributed by atoms with van der Waals surface area (Å²) in [6, 6.07) is 17.8. The minimum atomic E-state index is -0.118. The van der Waals surface area contributed by atoms with Gasteiger partial charge in [0.05, 0.1) is 0 Å². The maximum absolute atomic E-state index is 12.6. The summed E-state index contributed by atoms with van der Waals surface area (Å²) < 4.78 is 5.52. The molecule has 0 aliphatic carbocycles. The zero-order valence-corrected chi connectivity index (χ0v) is 14.0. The number of benzene rings is 2. The lowest BCUT2D eigenvalue weighted by molar-refractivity contribution is 0.0839. The van der Waals surface area contributed by atoms with Gasteiger partial charge in [-0.15, -0.1) is 11.3 Å². The van der Waals surface area contributed by atoms with Gasteiger partial charge in [-0.25, -0.2) is 0 Å². The maximum atomic E-state index is 12.6. The van der Waals surface area contributed by atoms with Crippen LogP contribution in [0.5, 0.6) is 0 Å². The highest BCUT2D eigenvalue weighted by molar-refractivity contribution is 7.12. The van der Waals surface area contributed by atoms with E-state index in [0.717, 1.165) is 15.6 Å². The van der Waals surface area contributed by atoms with Crippen molar-refractivity contribution in [3.63, 3.8) is 0 Å². The van der Waals surface area contributed by atoms with Crippen molar-refractivity contribution >= 4 is 28.0 Å². The van der Waals surface area contributed by atoms with Crippen molar-refractivity contribution in [1.29, 1.82) is 0 Å². The molecule has 0 aliphatic rings. The van der Waals surface area contributed by atoms with Crippen LogP contribution in [0.15, 0.2) is 54.6 Å². The van der Waals surface area contributed by atoms with Gasteiger partial charge in [-0.1, -0.05) is 36.4 Å². The molecular formula is C19H19NO2S. The van der Waals surface area contributed by atoms with Crippen molar-refractivity contribution in [3.8, 4) is 0 Å². The zero-order chi connectivity index (χ0) is 16.2. The normalized spacial score (nSPS) is 12.3. The summed E-state index contributed by atoms with van der Waals surface area (Å²) in [5.41, 5.74) is 0.695. The summed E-state index contributed by atoms with van der Waals surface area (Å²) in [6.45, 7) is 2.52. The highest BCUT2D eigenvalue weighted by Crippen LogP contribution is 2.25. The molecule has 4 heteroatoms. The van der Waals surface area contributed by atoms with Crippen LogP contribution in [0.25, 0.3) is 10.8 Å². The fraction of sp³-hybridized carbons (Fsp3) is 0.211. The molecule has 3 rings (SSSR count). The van der Waals surface area contributed by atoms with E-state index in [1.807, 2.05) is 42.5 Å². The fourth-order valence-electron chi connectivity index (χ4n) is 2.63. The Labute approximate surface area is 139 Å². The number of fused-ring (bicyclic) bond motifs is 1. The smallest absolute Gasteiger partial charge is 0.252 e. The van der Waals surface area contributed by atoms with Crippen LogP contribution >= 0.6 is 11.3 Å². The standard InChI is InChI=1S/C19H19NO2S/c1-13-10-11-18(23-13)17(22-2)12-20-19(21)16-9-5-7-14-6-3-4-8-15(14)16/h3-11,17H,12H2,1-2H3,(H,20,21). The molecular weight excluding hydrogens is 306 g/mol.